The third-order valence-corrected chi connectivity index (χ3v) is 2.79. The maximum atomic E-state index is 5.74. The van der Waals surface area contributed by atoms with E-state index in [4.69, 9.17) is 15.2 Å². The second-order valence-corrected chi connectivity index (χ2v) is 4.29. The Labute approximate surface area is 115 Å². The molecular formula is C14H25N3O2. The molecule has 5 nitrogen and oxygen atoms in total. The molecule has 0 unspecified atom stereocenters. The predicted octanol–water partition coefficient (Wildman–Crippen LogP) is 1.85. The van der Waals surface area contributed by atoms with Gasteiger partial charge in [-0.3, -0.25) is 0 Å². The van der Waals surface area contributed by atoms with Gasteiger partial charge in [0.1, 0.15) is 5.82 Å². The fourth-order valence-corrected chi connectivity index (χ4v) is 1.88. The summed E-state index contributed by atoms with van der Waals surface area (Å²) in [6, 6.07) is 1.94. The molecule has 108 valence electrons. The van der Waals surface area contributed by atoms with Crippen molar-refractivity contribution in [3.8, 4) is 0 Å². The van der Waals surface area contributed by atoms with Crippen molar-refractivity contribution in [2.24, 2.45) is 0 Å². The quantitative estimate of drug-likeness (QED) is 0.692. The maximum absolute atomic E-state index is 5.74. The molecule has 0 aliphatic carbocycles. The van der Waals surface area contributed by atoms with Gasteiger partial charge >= 0.3 is 0 Å². The lowest BCUT2D eigenvalue weighted by Gasteiger charge is -2.25. The lowest BCUT2D eigenvalue weighted by Crippen LogP contribution is -2.32. The first-order valence-corrected chi connectivity index (χ1v) is 6.81. The number of rotatable bonds is 9. The van der Waals surface area contributed by atoms with E-state index in [1.54, 1.807) is 6.20 Å². The second kappa shape index (κ2) is 8.72. The van der Waals surface area contributed by atoms with Gasteiger partial charge in [0, 0.05) is 26.3 Å². The molecule has 0 bridgehead atoms. The molecule has 0 saturated heterocycles. The molecular weight excluding hydrogens is 242 g/mol. The van der Waals surface area contributed by atoms with Crippen molar-refractivity contribution in [2.45, 2.75) is 20.8 Å². The lowest BCUT2D eigenvalue weighted by atomic mass is 10.2. The van der Waals surface area contributed by atoms with Crippen LogP contribution in [0, 0.1) is 6.92 Å². The summed E-state index contributed by atoms with van der Waals surface area (Å²) in [6.07, 6.45) is 1.69. The molecule has 0 aliphatic heterocycles. The van der Waals surface area contributed by atoms with Crippen LogP contribution in [0.25, 0.3) is 0 Å². The maximum Gasteiger partial charge on any atom is 0.131 e. The fraction of sp³-hybridized carbons (Fsp3) is 0.643. The smallest absolute Gasteiger partial charge is 0.131 e. The topological polar surface area (TPSA) is 60.6 Å². The van der Waals surface area contributed by atoms with E-state index in [1.807, 2.05) is 26.8 Å². The third kappa shape index (κ3) is 5.44. The van der Waals surface area contributed by atoms with E-state index >= 15 is 0 Å². The van der Waals surface area contributed by atoms with Gasteiger partial charge in [0.25, 0.3) is 0 Å². The third-order valence-electron chi connectivity index (χ3n) is 2.79. The van der Waals surface area contributed by atoms with Crippen molar-refractivity contribution >= 4 is 11.5 Å². The van der Waals surface area contributed by atoms with Gasteiger partial charge < -0.3 is 20.1 Å². The Hall–Kier alpha value is -1.33. The zero-order valence-corrected chi connectivity index (χ0v) is 12.2. The molecule has 19 heavy (non-hydrogen) atoms. The first-order chi connectivity index (χ1) is 9.19. The van der Waals surface area contributed by atoms with Gasteiger partial charge in [0.15, 0.2) is 0 Å². The molecule has 1 aromatic heterocycles. The average Bonchev–Trinajstić information content (AvgIpc) is 2.38. The zero-order chi connectivity index (χ0) is 14.1. The highest BCUT2D eigenvalue weighted by atomic mass is 16.5. The lowest BCUT2D eigenvalue weighted by molar-refractivity contribution is 0.141. The Kier molecular flexibility index (Phi) is 7.22. The normalized spacial score (nSPS) is 10.7. The van der Waals surface area contributed by atoms with Crippen molar-refractivity contribution < 1.29 is 9.47 Å². The van der Waals surface area contributed by atoms with Crippen LogP contribution >= 0.6 is 0 Å². The molecule has 0 radical (unpaired) electrons. The summed E-state index contributed by atoms with van der Waals surface area (Å²) in [5.41, 5.74) is 7.51. The summed E-state index contributed by atoms with van der Waals surface area (Å²) >= 11 is 0. The first kappa shape index (κ1) is 15.7. The summed E-state index contributed by atoms with van der Waals surface area (Å²) < 4.78 is 10.8. The summed E-state index contributed by atoms with van der Waals surface area (Å²) in [6.45, 7) is 10.5. The largest absolute Gasteiger partial charge is 0.397 e. The van der Waals surface area contributed by atoms with E-state index in [-0.39, 0.29) is 0 Å². The SMILES string of the molecule is CCOCCN(CCOCC)c1ncc(N)cc1C. The number of hydrogen-bond donors (Lipinski definition) is 1. The second-order valence-electron chi connectivity index (χ2n) is 4.29. The molecule has 0 aromatic carbocycles. The minimum Gasteiger partial charge on any atom is -0.397 e. The summed E-state index contributed by atoms with van der Waals surface area (Å²) in [4.78, 5) is 6.61. The standard InChI is InChI=1S/C14H25N3O2/c1-4-18-8-6-17(7-9-19-5-2)14-12(3)10-13(15)11-16-14/h10-11H,4-9,15H2,1-3H3. The monoisotopic (exact) mass is 267 g/mol. The van der Waals surface area contributed by atoms with E-state index in [2.05, 4.69) is 9.88 Å². The van der Waals surface area contributed by atoms with Crippen LogP contribution in [-0.2, 0) is 9.47 Å². The van der Waals surface area contributed by atoms with E-state index in [1.165, 1.54) is 0 Å². The average molecular weight is 267 g/mol. The Morgan fingerprint density at radius 3 is 2.21 bits per heavy atom. The molecule has 1 rings (SSSR count). The number of hydrogen-bond acceptors (Lipinski definition) is 5. The van der Waals surface area contributed by atoms with E-state index in [0.717, 1.165) is 37.7 Å². The van der Waals surface area contributed by atoms with Crippen LogP contribution in [-0.4, -0.2) is 44.5 Å². The van der Waals surface area contributed by atoms with Crippen molar-refractivity contribution in [1.29, 1.82) is 0 Å². The van der Waals surface area contributed by atoms with Gasteiger partial charge in [-0.05, 0) is 32.4 Å². The van der Waals surface area contributed by atoms with Crippen LogP contribution in [0.4, 0.5) is 11.5 Å². The number of nitrogen functional groups attached to an aromatic ring is 1. The van der Waals surface area contributed by atoms with Crippen LogP contribution in [0.5, 0.6) is 0 Å². The molecule has 0 amide bonds. The minimum absolute atomic E-state index is 0.689. The Balaban J connectivity index is 2.69. The molecule has 0 fully saturated rings. The van der Waals surface area contributed by atoms with Crippen LogP contribution < -0.4 is 10.6 Å². The van der Waals surface area contributed by atoms with Gasteiger partial charge in [-0.1, -0.05) is 0 Å². The number of aromatic nitrogens is 1. The number of ether oxygens (including phenoxy) is 2. The number of aryl methyl sites for hydroxylation is 1. The Morgan fingerprint density at radius 1 is 1.16 bits per heavy atom. The molecule has 0 spiro atoms. The van der Waals surface area contributed by atoms with Crippen molar-refractivity contribution in [3.63, 3.8) is 0 Å². The fourth-order valence-electron chi connectivity index (χ4n) is 1.88. The molecule has 0 atom stereocenters. The van der Waals surface area contributed by atoms with Crippen LogP contribution in [0.15, 0.2) is 12.3 Å². The summed E-state index contributed by atoms with van der Waals surface area (Å²) in [5, 5.41) is 0. The first-order valence-electron chi connectivity index (χ1n) is 6.81. The number of nitrogens with two attached hydrogens (primary N) is 1. The van der Waals surface area contributed by atoms with Crippen LogP contribution in [0.2, 0.25) is 0 Å². The summed E-state index contributed by atoms with van der Waals surface area (Å²) in [7, 11) is 0. The van der Waals surface area contributed by atoms with Gasteiger partial charge in [0.2, 0.25) is 0 Å². The van der Waals surface area contributed by atoms with Crippen molar-refractivity contribution in [2.75, 3.05) is 50.2 Å². The minimum atomic E-state index is 0.689. The Bertz CT molecular complexity index is 362. The van der Waals surface area contributed by atoms with E-state index < -0.39 is 0 Å². The number of pyridine rings is 1. The van der Waals surface area contributed by atoms with Crippen LogP contribution in [0.1, 0.15) is 19.4 Å². The van der Waals surface area contributed by atoms with Crippen molar-refractivity contribution in [3.05, 3.63) is 17.8 Å². The highest BCUT2D eigenvalue weighted by molar-refractivity contribution is 5.52. The number of anilines is 2. The molecule has 2 N–H and O–H groups in total. The molecule has 0 aliphatic rings. The highest BCUT2D eigenvalue weighted by Gasteiger charge is 2.11. The van der Waals surface area contributed by atoms with Gasteiger partial charge in [0.05, 0.1) is 25.1 Å². The number of nitrogens with zero attached hydrogens (tertiary/aromatic N) is 2. The molecule has 5 heteroatoms. The predicted molar refractivity (Wildman–Crippen MR) is 78.6 cm³/mol. The van der Waals surface area contributed by atoms with Gasteiger partial charge in [-0.25, -0.2) is 4.98 Å². The molecule has 1 heterocycles. The van der Waals surface area contributed by atoms with Gasteiger partial charge in [-0.15, -0.1) is 0 Å². The van der Waals surface area contributed by atoms with Crippen LogP contribution in [0.3, 0.4) is 0 Å². The van der Waals surface area contributed by atoms with E-state index in [0.29, 0.717) is 18.9 Å². The molecule has 1 aromatic rings. The zero-order valence-electron chi connectivity index (χ0n) is 12.2. The molecule has 0 saturated carbocycles. The van der Waals surface area contributed by atoms with E-state index in [9.17, 15) is 0 Å². The van der Waals surface area contributed by atoms with Crippen molar-refractivity contribution in [1.82, 2.24) is 4.98 Å². The Morgan fingerprint density at radius 2 is 1.74 bits per heavy atom. The summed E-state index contributed by atoms with van der Waals surface area (Å²) in [5.74, 6) is 0.952. The highest BCUT2D eigenvalue weighted by Crippen LogP contribution is 2.18. The van der Waals surface area contributed by atoms with Gasteiger partial charge in [-0.2, -0.15) is 0 Å².